The average molecular weight is 292 g/mol. The Hall–Kier alpha value is -2.28. The van der Waals surface area contributed by atoms with Crippen LogP contribution in [-0.2, 0) is 16.1 Å². The zero-order chi connectivity index (χ0) is 14.8. The second-order valence-corrected chi connectivity index (χ2v) is 5.06. The molecule has 0 spiro atoms. The highest BCUT2D eigenvalue weighted by molar-refractivity contribution is 6.31. The van der Waals surface area contributed by atoms with E-state index in [1.807, 2.05) is 18.2 Å². The molecule has 1 aromatic rings. The van der Waals surface area contributed by atoms with Crippen molar-refractivity contribution in [3.05, 3.63) is 23.8 Å². The predicted octanol–water partition coefficient (Wildman–Crippen LogP) is 0.144. The molecule has 2 aliphatic rings. The molecule has 2 aliphatic heterocycles. The normalized spacial score (nSPS) is 17.8. The molecule has 0 atom stereocenters. The number of amides is 1. The van der Waals surface area contributed by atoms with Gasteiger partial charge in [-0.2, -0.15) is 0 Å². The number of carbonyl (C=O) groups excluding carboxylic acids is 1. The van der Waals surface area contributed by atoms with E-state index in [2.05, 4.69) is 4.90 Å². The number of nitrogens with zero attached hydrogens (tertiary/aromatic N) is 2. The summed E-state index contributed by atoms with van der Waals surface area (Å²) in [4.78, 5) is 25.6. The molecule has 0 unspecified atom stereocenters. The molecule has 0 aliphatic carbocycles. The van der Waals surface area contributed by atoms with Crippen LogP contribution in [0.25, 0.3) is 0 Å². The molecule has 1 saturated heterocycles. The van der Waals surface area contributed by atoms with E-state index in [4.69, 9.17) is 14.6 Å². The Balaban J connectivity index is 1.56. The van der Waals surface area contributed by atoms with Crippen LogP contribution >= 0.6 is 0 Å². The van der Waals surface area contributed by atoms with Crippen LogP contribution in [-0.4, -0.2) is 59.8 Å². The Morgan fingerprint density at radius 2 is 1.81 bits per heavy atom. The van der Waals surface area contributed by atoms with Crippen LogP contribution < -0.4 is 9.47 Å². The summed E-state index contributed by atoms with van der Waals surface area (Å²) in [6.45, 7) is 3.20. The molecule has 1 aromatic carbocycles. The van der Waals surface area contributed by atoms with Crippen LogP contribution in [0.2, 0.25) is 0 Å². The number of hydrogen-bond donors (Lipinski definition) is 1. The molecule has 21 heavy (non-hydrogen) atoms. The number of benzene rings is 1. The van der Waals surface area contributed by atoms with Crippen LogP contribution in [0.3, 0.4) is 0 Å². The Morgan fingerprint density at radius 3 is 2.52 bits per heavy atom. The molecular weight excluding hydrogens is 276 g/mol. The third-order valence-electron chi connectivity index (χ3n) is 3.69. The Kier molecular flexibility index (Phi) is 3.66. The van der Waals surface area contributed by atoms with Crippen LogP contribution in [0.15, 0.2) is 18.2 Å². The zero-order valence-electron chi connectivity index (χ0n) is 11.4. The lowest BCUT2D eigenvalue weighted by Gasteiger charge is -2.33. The molecule has 1 fully saturated rings. The highest BCUT2D eigenvalue weighted by Gasteiger charge is 2.25. The lowest BCUT2D eigenvalue weighted by atomic mass is 10.1. The van der Waals surface area contributed by atoms with Crippen molar-refractivity contribution in [2.24, 2.45) is 0 Å². The lowest BCUT2D eigenvalue weighted by Crippen LogP contribution is -2.50. The Labute approximate surface area is 121 Å². The molecule has 0 radical (unpaired) electrons. The standard InChI is InChI=1S/C14H16N2O5/c17-13(14(18)19)16-5-3-15(4-6-16)8-10-1-2-11-12(7-10)21-9-20-11/h1-2,7H,3-6,8-9H2,(H,18,19). The molecule has 3 rings (SSSR count). The van der Waals surface area contributed by atoms with Crippen molar-refractivity contribution in [1.82, 2.24) is 9.80 Å². The van der Waals surface area contributed by atoms with Gasteiger partial charge in [-0.15, -0.1) is 0 Å². The third kappa shape index (κ3) is 2.92. The number of carboxylic acid groups (broad SMARTS) is 1. The topological polar surface area (TPSA) is 79.3 Å². The van der Waals surface area contributed by atoms with Crippen molar-refractivity contribution in [3.8, 4) is 11.5 Å². The number of carboxylic acids is 1. The molecule has 7 nitrogen and oxygen atoms in total. The number of aliphatic carboxylic acids is 1. The molecule has 2 heterocycles. The molecule has 0 saturated carbocycles. The van der Waals surface area contributed by atoms with Crippen molar-refractivity contribution in [2.75, 3.05) is 33.0 Å². The van der Waals surface area contributed by atoms with Crippen molar-refractivity contribution in [2.45, 2.75) is 6.54 Å². The van der Waals surface area contributed by atoms with Crippen molar-refractivity contribution >= 4 is 11.9 Å². The summed E-state index contributed by atoms with van der Waals surface area (Å²) in [6, 6.07) is 5.83. The highest BCUT2D eigenvalue weighted by Crippen LogP contribution is 2.32. The van der Waals surface area contributed by atoms with Crippen LogP contribution in [0.4, 0.5) is 0 Å². The smallest absolute Gasteiger partial charge is 0.394 e. The minimum atomic E-state index is -1.39. The molecule has 112 valence electrons. The number of rotatable bonds is 2. The molecule has 1 amide bonds. The van der Waals surface area contributed by atoms with Gasteiger partial charge in [0, 0.05) is 32.7 Å². The maximum absolute atomic E-state index is 11.4. The van der Waals surface area contributed by atoms with Gasteiger partial charge in [-0.3, -0.25) is 9.69 Å². The fourth-order valence-corrected chi connectivity index (χ4v) is 2.54. The monoisotopic (exact) mass is 292 g/mol. The van der Waals surface area contributed by atoms with E-state index in [-0.39, 0.29) is 6.79 Å². The second-order valence-electron chi connectivity index (χ2n) is 5.06. The predicted molar refractivity (Wildman–Crippen MR) is 72.1 cm³/mol. The summed E-state index contributed by atoms with van der Waals surface area (Å²) < 4.78 is 10.6. The van der Waals surface area contributed by atoms with Gasteiger partial charge < -0.3 is 19.5 Å². The van der Waals surface area contributed by atoms with Gasteiger partial charge in [0.25, 0.3) is 0 Å². The van der Waals surface area contributed by atoms with Gasteiger partial charge in [-0.05, 0) is 17.7 Å². The number of hydrogen-bond acceptors (Lipinski definition) is 5. The second kappa shape index (κ2) is 5.61. The molecule has 0 bridgehead atoms. The zero-order valence-corrected chi connectivity index (χ0v) is 11.4. The average Bonchev–Trinajstić information content (AvgIpc) is 2.95. The minimum absolute atomic E-state index is 0.259. The number of fused-ring (bicyclic) bond motifs is 1. The third-order valence-corrected chi connectivity index (χ3v) is 3.69. The summed E-state index contributed by atoms with van der Waals surface area (Å²) in [5.41, 5.74) is 1.11. The van der Waals surface area contributed by atoms with Gasteiger partial charge in [-0.25, -0.2) is 4.79 Å². The number of carbonyl (C=O) groups is 2. The molecule has 1 N–H and O–H groups in total. The lowest BCUT2D eigenvalue weighted by molar-refractivity contribution is -0.156. The van der Waals surface area contributed by atoms with Gasteiger partial charge in [0.2, 0.25) is 6.79 Å². The molecule has 0 aromatic heterocycles. The summed E-state index contributed by atoms with van der Waals surface area (Å²) in [6.07, 6.45) is 0. The first kappa shape index (κ1) is 13.7. The first-order valence-electron chi connectivity index (χ1n) is 6.76. The summed E-state index contributed by atoms with van der Waals surface area (Å²) in [5, 5.41) is 8.69. The maximum atomic E-state index is 11.4. The SMILES string of the molecule is O=C(O)C(=O)N1CCN(Cc2ccc3c(c2)OCO3)CC1. The number of ether oxygens (including phenoxy) is 2. The fourth-order valence-electron chi connectivity index (χ4n) is 2.54. The Morgan fingerprint density at radius 1 is 1.10 bits per heavy atom. The Bertz CT molecular complexity index is 566. The van der Waals surface area contributed by atoms with Gasteiger partial charge in [0.1, 0.15) is 0 Å². The first-order valence-corrected chi connectivity index (χ1v) is 6.76. The van der Waals surface area contributed by atoms with Crippen LogP contribution in [0, 0.1) is 0 Å². The van der Waals surface area contributed by atoms with Gasteiger partial charge in [0.15, 0.2) is 11.5 Å². The highest BCUT2D eigenvalue weighted by atomic mass is 16.7. The van der Waals surface area contributed by atoms with Gasteiger partial charge in [-0.1, -0.05) is 6.07 Å². The minimum Gasteiger partial charge on any atom is -0.474 e. The summed E-state index contributed by atoms with van der Waals surface area (Å²) >= 11 is 0. The van der Waals surface area contributed by atoms with E-state index in [0.29, 0.717) is 26.2 Å². The van der Waals surface area contributed by atoms with Gasteiger partial charge >= 0.3 is 11.9 Å². The van der Waals surface area contributed by atoms with E-state index >= 15 is 0 Å². The van der Waals surface area contributed by atoms with E-state index in [1.165, 1.54) is 4.90 Å². The summed E-state index contributed by atoms with van der Waals surface area (Å²) in [5.74, 6) is -0.695. The van der Waals surface area contributed by atoms with Crippen LogP contribution in [0.5, 0.6) is 11.5 Å². The van der Waals surface area contributed by atoms with Crippen LogP contribution in [0.1, 0.15) is 5.56 Å². The maximum Gasteiger partial charge on any atom is 0.394 e. The fraction of sp³-hybridized carbons (Fsp3) is 0.429. The van der Waals surface area contributed by atoms with Gasteiger partial charge in [0.05, 0.1) is 0 Å². The van der Waals surface area contributed by atoms with E-state index in [0.717, 1.165) is 23.6 Å². The molecule has 7 heteroatoms. The van der Waals surface area contributed by atoms with Crippen molar-refractivity contribution in [3.63, 3.8) is 0 Å². The molecular formula is C14H16N2O5. The largest absolute Gasteiger partial charge is 0.474 e. The quantitative estimate of drug-likeness (QED) is 0.781. The van der Waals surface area contributed by atoms with Crippen molar-refractivity contribution < 1.29 is 24.2 Å². The number of piperazine rings is 1. The van der Waals surface area contributed by atoms with E-state index in [9.17, 15) is 9.59 Å². The summed E-state index contributed by atoms with van der Waals surface area (Å²) in [7, 11) is 0. The van der Waals surface area contributed by atoms with Crippen molar-refractivity contribution in [1.29, 1.82) is 0 Å². The van der Waals surface area contributed by atoms with E-state index < -0.39 is 11.9 Å². The first-order chi connectivity index (χ1) is 10.1. The van der Waals surface area contributed by atoms with E-state index in [1.54, 1.807) is 0 Å².